The van der Waals surface area contributed by atoms with Crippen molar-refractivity contribution in [1.82, 2.24) is 4.98 Å². The van der Waals surface area contributed by atoms with Crippen LogP contribution in [0.25, 0.3) is 11.1 Å². The maximum atomic E-state index is 13.9. The number of likely N-dealkylation sites (N-methyl/N-ethyl adjacent to an activating group) is 1. The van der Waals surface area contributed by atoms with Crippen molar-refractivity contribution < 1.29 is 46.5 Å². The number of hydrogen-bond acceptors (Lipinski definition) is 6. The minimum atomic E-state index is -5.09. The van der Waals surface area contributed by atoms with E-state index in [-0.39, 0.29) is 31.5 Å². The number of carbonyl (C=O) groups excluding carboxylic acids is 1. The number of aromatic nitrogens is 1. The summed E-state index contributed by atoms with van der Waals surface area (Å²) in [7, 11) is 1.33. The van der Waals surface area contributed by atoms with Crippen LogP contribution in [-0.4, -0.2) is 58.6 Å². The predicted octanol–water partition coefficient (Wildman–Crippen LogP) is 5.15. The van der Waals surface area contributed by atoms with E-state index in [0.717, 1.165) is 4.90 Å². The van der Waals surface area contributed by atoms with Crippen molar-refractivity contribution in [3.8, 4) is 11.1 Å². The fourth-order valence-corrected chi connectivity index (χ4v) is 5.31. The largest absolute Gasteiger partial charge is 0.416 e. The molecular weight excluding hydrogens is 580 g/mol. The van der Waals surface area contributed by atoms with Gasteiger partial charge in [0.1, 0.15) is 5.82 Å². The molecule has 0 spiro atoms. The molecule has 0 bridgehead atoms. The minimum absolute atomic E-state index is 0.00921. The molecule has 3 N–H and O–H groups in total. The highest BCUT2D eigenvalue weighted by Crippen LogP contribution is 2.41. The van der Waals surface area contributed by atoms with Gasteiger partial charge in [-0.1, -0.05) is 24.3 Å². The number of alkyl halides is 6. The number of anilines is 2. The molecule has 2 aromatic carbocycles. The quantitative estimate of drug-likeness (QED) is 0.320. The third-order valence-electron chi connectivity index (χ3n) is 7.75. The summed E-state index contributed by atoms with van der Waals surface area (Å²) in [5, 5.41) is 30.0. The summed E-state index contributed by atoms with van der Waals surface area (Å²) in [6.07, 6.45) is -9.26. The lowest BCUT2D eigenvalue weighted by atomic mass is 9.81. The molecule has 2 heterocycles. The fourth-order valence-electron chi connectivity index (χ4n) is 5.31. The molecular formula is C30H31F6N3O4. The van der Waals surface area contributed by atoms with E-state index in [9.17, 15) is 46.5 Å². The average Bonchev–Trinajstić information content (AvgIpc) is 3.35. The fraction of sp³-hybridized carbons (Fsp3) is 0.400. The summed E-state index contributed by atoms with van der Waals surface area (Å²) in [4.78, 5) is 21.2. The molecule has 0 radical (unpaired) electrons. The molecule has 1 aliphatic rings. The van der Waals surface area contributed by atoms with Gasteiger partial charge in [-0.15, -0.1) is 0 Å². The van der Waals surface area contributed by atoms with Crippen LogP contribution in [0, 0.1) is 0 Å². The van der Waals surface area contributed by atoms with E-state index in [1.807, 2.05) is 0 Å². The Hall–Kier alpha value is -3.68. The average molecular weight is 612 g/mol. The first kappa shape index (κ1) is 32.2. The van der Waals surface area contributed by atoms with E-state index < -0.39 is 52.5 Å². The second-order valence-corrected chi connectivity index (χ2v) is 11.0. The molecule has 4 rings (SSSR count). The minimum Gasteiger partial charge on any atom is -0.394 e. The van der Waals surface area contributed by atoms with Crippen molar-refractivity contribution in [2.45, 2.75) is 56.8 Å². The van der Waals surface area contributed by atoms with Crippen LogP contribution in [0.4, 0.5) is 37.8 Å². The number of halogens is 6. The molecule has 43 heavy (non-hydrogen) atoms. The molecule has 1 aliphatic heterocycles. The van der Waals surface area contributed by atoms with Crippen molar-refractivity contribution in [2.24, 2.45) is 0 Å². The van der Waals surface area contributed by atoms with E-state index in [2.05, 4.69) is 4.98 Å². The number of benzene rings is 2. The highest BCUT2D eigenvalue weighted by atomic mass is 19.4. The summed E-state index contributed by atoms with van der Waals surface area (Å²) >= 11 is 0. The molecule has 13 heteroatoms. The maximum Gasteiger partial charge on any atom is 0.416 e. The lowest BCUT2D eigenvalue weighted by molar-refractivity contribution is -0.143. The number of rotatable bonds is 7. The van der Waals surface area contributed by atoms with Gasteiger partial charge in [0.15, 0.2) is 0 Å². The molecule has 7 nitrogen and oxygen atoms in total. The van der Waals surface area contributed by atoms with Crippen LogP contribution in [0.15, 0.2) is 54.7 Å². The zero-order valence-electron chi connectivity index (χ0n) is 23.5. The number of nitrogens with zero attached hydrogens (tertiary/aromatic N) is 3. The van der Waals surface area contributed by atoms with Gasteiger partial charge in [0.2, 0.25) is 5.91 Å². The van der Waals surface area contributed by atoms with Crippen molar-refractivity contribution >= 4 is 17.4 Å². The number of amides is 1. The van der Waals surface area contributed by atoms with Gasteiger partial charge in [0.05, 0.1) is 53.8 Å². The normalized spacial score (nSPS) is 17.8. The third kappa shape index (κ3) is 6.48. The second kappa shape index (κ2) is 11.8. The van der Waals surface area contributed by atoms with Crippen molar-refractivity contribution in [3.05, 3.63) is 77.0 Å². The van der Waals surface area contributed by atoms with Crippen molar-refractivity contribution in [3.63, 3.8) is 0 Å². The number of aliphatic hydroxyl groups excluding tert-OH is 3. The van der Waals surface area contributed by atoms with Gasteiger partial charge < -0.3 is 25.1 Å². The van der Waals surface area contributed by atoms with Crippen LogP contribution in [-0.2, 0) is 29.2 Å². The Morgan fingerprint density at radius 3 is 2.09 bits per heavy atom. The summed E-state index contributed by atoms with van der Waals surface area (Å²) in [6, 6.07) is 8.99. The van der Waals surface area contributed by atoms with Gasteiger partial charge in [0, 0.05) is 19.2 Å². The highest BCUT2D eigenvalue weighted by Gasteiger charge is 2.41. The Balaban J connectivity index is 1.84. The third-order valence-corrected chi connectivity index (χ3v) is 7.75. The van der Waals surface area contributed by atoms with Crippen LogP contribution in [0.1, 0.15) is 42.5 Å². The molecule has 0 unspecified atom stereocenters. The molecule has 2 atom stereocenters. The van der Waals surface area contributed by atoms with Crippen molar-refractivity contribution in [2.75, 3.05) is 30.0 Å². The maximum absolute atomic E-state index is 13.9. The molecule has 0 saturated carbocycles. The van der Waals surface area contributed by atoms with E-state index >= 15 is 0 Å². The highest BCUT2D eigenvalue weighted by molar-refractivity contribution is 6.03. The first-order valence-electron chi connectivity index (χ1n) is 13.3. The van der Waals surface area contributed by atoms with E-state index in [0.29, 0.717) is 41.1 Å². The van der Waals surface area contributed by atoms with Gasteiger partial charge in [-0.25, -0.2) is 4.98 Å². The SMILES string of the molecule is CN(C(=O)C(C)(C)c1cc(C(F)(F)F)cc(C(F)(F)F)c1)c1cnc(N2C[C@H](O)C[C@H]2CO)cc1-c1ccccc1CO. The first-order chi connectivity index (χ1) is 20.0. The standard InChI is InChI=1S/C30H31F6N3O4/c1-28(2,18-8-19(29(31,32)33)10-20(9-18)30(34,35)36)27(43)38(3)25-13-37-26(39-14-22(42)11-21(39)16-41)12-24(25)23-7-5-4-6-17(23)15-40/h4-10,12-13,21-22,40-42H,11,14-16H2,1-3H3/t21-,22+/m0/s1. The van der Waals surface area contributed by atoms with Crippen LogP contribution in [0.3, 0.4) is 0 Å². The summed E-state index contributed by atoms with van der Waals surface area (Å²) in [6.45, 7) is 2.02. The zero-order valence-corrected chi connectivity index (χ0v) is 23.5. The Labute approximate surface area is 244 Å². The predicted molar refractivity (Wildman–Crippen MR) is 147 cm³/mol. The Morgan fingerprint density at radius 1 is 0.953 bits per heavy atom. The monoisotopic (exact) mass is 611 g/mol. The van der Waals surface area contributed by atoms with Gasteiger partial charge in [-0.05, 0) is 61.2 Å². The number of pyridine rings is 1. The second-order valence-electron chi connectivity index (χ2n) is 11.0. The topological polar surface area (TPSA) is 97.1 Å². The van der Waals surface area contributed by atoms with Crippen molar-refractivity contribution in [1.29, 1.82) is 0 Å². The van der Waals surface area contributed by atoms with E-state index in [1.54, 1.807) is 35.2 Å². The van der Waals surface area contributed by atoms with E-state index in [4.69, 9.17) is 0 Å². The van der Waals surface area contributed by atoms with Crippen LogP contribution < -0.4 is 9.80 Å². The number of β-amino-alcohol motifs (C(OH)–C–C–N with tert-alkyl or cyclic N) is 1. The van der Waals surface area contributed by atoms with Crippen LogP contribution in [0.2, 0.25) is 0 Å². The summed E-state index contributed by atoms with van der Waals surface area (Å²) < 4.78 is 81.5. The van der Waals surface area contributed by atoms with Crippen LogP contribution >= 0.6 is 0 Å². The van der Waals surface area contributed by atoms with Gasteiger partial charge in [-0.3, -0.25) is 4.79 Å². The number of carbonyl (C=O) groups is 1. The number of aliphatic hydroxyl groups is 3. The first-order valence-corrected chi connectivity index (χ1v) is 13.3. The molecule has 3 aromatic rings. The Morgan fingerprint density at radius 2 is 1.53 bits per heavy atom. The van der Waals surface area contributed by atoms with Crippen LogP contribution in [0.5, 0.6) is 0 Å². The zero-order chi connectivity index (χ0) is 31.9. The molecule has 0 aliphatic carbocycles. The molecule has 1 fully saturated rings. The lowest BCUT2D eigenvalue weighted by Gasteiger charge is -2.32. The van der Waals surface area contributed by atoms with Gasteiger partial charge >= 0.3 is 12.4 Å². The molecule has 1 saturated heterocycles. The molecule has 1 amide bonds. The summed E-state index contributed by atoms with van der Waals surface area (Å²) in [5.74, 6) is -0.461. The Kier molecular flexibility index (Phi) is 8.83. The van der Waals surface area contributed by atoms with Gasteiger partial charge in [-0.2, -0.15) is 26.3 Å². The lowest BCUT2D eigenvalue weighted by Crippen LogP contribution is -2.42. The molecule has 232 valence electrons. The smallest absolute Gasteiger partial charge is 0.394 e. The Bertz CT molecular complexity index is 1460. The van der Waals surface area contributed by atoms with Gasteiger partial charge in [0.25, 0.3) is 0 Å². The molecule has 1 aromatic heterocycles. The summed E-state index contributed by atoms with van der Waals surface area (Å²) in [5.41, 5.74) is -3.86. The number of hydrogen-bond donors (Lipinski definition) is 3. The van der Waals surface area contributed by atoms with E-state index in [1.165, 1.54) is 27.1 Å².